The molecule has 2 N–H and O–H groups in total. The minimum Gasteiger partial charge on any atom is -0.493 e. The van der Waals surface area contributed by atoms with Crippen LogP contribution in [0.5, 0.6) is 11.5 Å². The van der Waals surface area contributed by atoms with Gasteiger partial charge in [-0.05, 0) is 37.1 Å². The Bertz CT molecular complexity index is 1190. The predicted molar refractivity (Wildman–Crippen MR) is 111 cm³/mol. The molecule has 7 nitrogen and oxygen atoms in total. The third-order valence-corrected chi connectivity index (χ3v) is 4.12. The van der Waals surface area contributed by atoms with E-state index in [1.165, 1.54) is 6.20 Å². The zero-order valence-electron chi connectivity index (χ0n) is 16.2. The second kappa shape index (κ2) is 8.64. The summed E-state index contributed by atoms with van der Waals surface area (Å²) in [7, 11) is 3.10. The molecule has 0 aliphatic rings. The number of aromatic nitrogens is 1. The summed E-state index contributed by atoms with van der Waals surface area (Å²) in [5, 5.41) is 16.2. The molecule has 0 radical (unpaired) electrons. The molecule has 29 heavy (non-hydrogen) atoms. The third kappa shape index (κ3) is 4.20. The second-order valence-corrected chi connectivity index (χ2v) is 5.92. The molecular formula is C22H18N4O3. The molecule has 0 aliphatic carbocycles. The van der Waals surface area contributed by atoms with Gasteiger partial charge in [0.25, 0.3) is 5.91 Å². The molecule has 3 rings (SSSR count). The normalized spacial score (nSPS) is 9.72. The number of pyridine rings is 1. The van der Waals surface area contributed by atoms with Crippen LogP contribution in [-0.2, 0) is 4.79 Å². The van der Waals surface area contributed by atoms with Crippen molar-refractivity contribution in [2.75, 3.05) is 24.9 Å². The molecule has 0 spiro atoms. The smallest absolute Gasteiger partial charge is 0.300 e. The Kier molecular flexibility index (Phi) is 5.82. The van der Waals surface area contributed by atoms with Crippen LogP contribution >= 0.6 is 0 Å². The number of hydrogen-bond acceptors (Lipinski definition) is 6. The van der Waals surface area contributed by atoms with Crippen molar-refractivity contribution in [3.05, 3.63) is 48.2 Å². The Labute approximate surface area is 168 Å². The van der Waals surface area contributed by atoms with Crippen molar-refractivity contribution in [2.45, 2.75) is 6.92 Å². The number of nitrogens with zero attached hydrogens (tertiary/aromatic N) is 2. The number of amides is 1. The molecule has 0 unspecified atom stereocenters. The number of fused-ring (bicyclic) bond motifs is 1. The molecule has 144 valence electrons. The van der Waals surface area contributed by atoms with Gasteiger partial charge in [-0.3, -0.25) is 9.78 Å². The van der Waals surface area contributed by atoms with Crippen molar-refractivity contribution in [3.63, 3.8) is 0 Å². The zero-order chi connectivity index (χ0) is 20.8. The van der Waals surface area contributed by atoms with Gasteiger partial charge in [0.15, 0.2) is 11.5 Å². The lowest BCUT2D eigenvalue weighted by molar-refractivity contribution is -0.111. The lowest BCUT2D eigenvalue weighted by Gasteiger charge is -2.15. The van der Waals surface area contributed by atoms with Gasteiger partial charge < -0.3 is 20.1 Å². The van der Waals surface area contributed by atoms with Gasteiger partial charge in [0.1, 0.15) is 6.07 Å². The Hall–Kier alpha value is -4.23. The minimum atomic E-state index is -0.395. The fourth-order valence-corrected chi connectivity index (χ4v) is 2.83. The molecule has 2 aromatic carbocycles. The summed E-state index contributed by atoms with van der Waals surface area (Å²) in [6.07, 6.45) is 1.50. The van der Waals surface area contributed by atoms with Crippen LogP contribution in [0.4, 0.5) is 17.1 Å². The van der Waals surface area contributed by atoms with Crippen molar-refractivity contribution in [3.8, 4) is 29.4 Å². The van der Waals surface area contributed by atoms with E-state index in [4.69, 9.17) is 9.47 Å². The Morgan fingerprint density at radius 1 is 1.10 bits per heavy atom. The summed E-state index contributed by atoms with van der Waals surface area (Å²) in [4.78, 5) is 16.1. The fourth-order valence-electron chi connectivity index (χ4n) is 2.83. The van der Waals surface area contributed by atoms with Crippen LogP contribution in [0.25, 0.3) is 10.9 Å². The zero-order valence-corrected chi connectivity index (χ0v) is 16.2. The van der Waals surface area contributed by atoms with E-state index in [1.807, 2.05) is 6.07 Å². The van der Waals surface area contributed by atoms with Crippen LogP contribution in [0.2, 0.25) is 0 Å². The fraction of sp³-hybridized carbons (Fsp3) is 0.136. The van der Waals surface area contributed by atoms with Crippen LogP contribution in [0, 0.1) is 23.2 Å². The van der Waals surface area contributed by atoms with E-state index < -0.39 is 5.91 Å². The minimum absolute atomic E-state index is 0.371. The number of nitriles is 1. The quantitative estimate of drug-likeness (QED) is 0.647. The molecule has 1 heterocycles. The van der Waals surface area contributed by atoms with Gasteiger partial charge in [0.05, 0.1) is 31.0 Å². The molecule has 0 bridgehead atoms. The van der Waals surface area contributed by atoms with E-state index in [2.05, 4.69) is 33.5 Å². The number of carbonyl (C=O) groups is 1. The van der Waals surface area contributed by atoms with Crippen LogP contribution in [0.15, 0.2) is 42.6 Å². The summed E-state index contributed by atoms with van der Waals surface area (Å²) in [6.45, 7) is 1.60. The van der Waals surface area contributed by atoms with Crippen molar-refractivity contribution >= 4 is 33.9 Å². The summed E-state index contributed by atoms with van der Waals surface area (Å²) < 4.78 is 10.7. The maximum absolute atomic E-state index is 11.7. The van der Waals surface area contributed by atoms with E-state index in [0.717, 1.165) is 0 Å². The van der Waals surface area contributed by atoms with Gasteiger partial charge in [0, 0.05) is 29.0 Å². The summed E-state index contributed by atoms with van der Waals surface area (Å²) in [5.74, 6) is 5.66. The number of anilines is 3. The first-order chi connectivity index (χ1) is 14.1. The summed E-state index contributed by atoms with van der Waals surface area (Å²) in [5.41, 5.74) is 2.86. The van der Waals surface area contributed by atoms with Crippen LogP contribution in [0.1, 0.15) is 12.5 Å². The average molecular weight is 386 g/mol. The van der Waals surface area contributed by atoms with Crippen molar-refractivity contribution in [2.24, 2.45) is 0 Å². The molecule has 0 atom stereocenters. The largest absolute Gasteiger partial charge is 0.493 e. The van der Waals surface area contributed by atoms with Crippen LogP contribution in [0.3, 0.4) is 0 Å². The lowest BCUT2D eigenvalue weighted by Crippen LogP contribution is -2.08. The number of ether oxygens (including phenoxy) is 2. The number of rotatable bonds is 5. The highest BCUT2D eigenvalue weighted by Crippen LogP contribution is 2.37. The van der Waals surface area contributed by atoms with Crippen LogP contribution < -0.4 is 20.1 Å². The van der Waals surface area contributed by atoms with Gasteiger partial charge >= 0.3 is 0 Å². The average Bonchev–Trinajstić information content (AvgIpc) is 2.73. The van der Waals surface area contributed by atoms with E-state index in [-0.39, 0.29) is 0 Å². The Balaban J connectivity index is 2.06. The standard InChI is InChI=1S/C22H18N4O3/c1-4-6-21(27)25-15-7-5-8-16(9-15)26-22-14(12-23)13-24-18-11-20(29-3)19(28-2)10-17(18)22/h5,7-11,13H,1-3H3,(H,24,26)(H,25,27). The lowest BCUT2D eigenvalue weighted by atomic mass is 10.1. The molecule has 3 aromatic rings. The molecule has 7 heteroatoms. The molecule has 0 saturated heterocycles. The molecule has 1 aromatic heterocycles. The molecule has 0 fully saturated rings. The van der Waals surface area contributed by atoms with Gasteiger partial charge in [-0.2, -0.15) is 5.26 Å². The van der Waals surface area contributed by atoms with Crippen molar-refractivity contribution in [1.82, 2.24) is 4.98 Å². The van der Waals surface area contributed by atoms with Gasteiger partial charge in [-0.15, -0.1) is 0 Å². The topological polar surface area (TPSA) is 96.3 Å². The highest BCUT2D eigenvalue weighted by atomic mass is 16.5. The molecular weight excluding hydrogens is 368 g/mol. The number of nitrogens with one attached hydrogen (secondary N) is 2. The highest BCUT2D eigenvalue weighted by Gasteiger charge is 2.14. The summed E-state index contributed by atoms with van der Waals surface area (Å²) in [6, 6.07) is 12.8. The molecule has 0 saturated carbocycles. The SMILES string of the molecule is CC#CC(=O)Nc1cccc(Nc2c(C#N)cnc3cc(OC)c(OC)cc23)c1. The van der Waals surface area contributed by atoms with Gasteiger partial charge in [-0.1, -0.05) is 12.0 Å². The van der Waals surface area contributed by atoms with E-state index >= 15 is 0 Å². The first-order valence-electron chi connectivity index (χ1n) is 8.65. The first-order valence-corrected chi connectivity index (χ1v) is 8.65. The van der Waals surface area contributed by atoms with Crippen molar-refractivity contribution < 1.29 is 14.3 Å². The number of hydrogen-bond donors (Lipinski definition) is 2. The maximum Gasteiger partial charge on any atom is 0.300 e. The monoisotopic (exact) mass is 386 g/mol. The van der Waals surface area contributed by atoms with E-state index in [0.29, 0.717) is 45.0 Å². The third-order valence-electron chi connectivity index (χ3n) is 4.12. The van der Waals surface area contributed by atoms with Crippen LogP contribution in [-0.4, -0.2) is 25.1 Å². The number of methoxy groups -OCH3 is 2. The Morgan fingerprint density at radius 2 is 1.83 bits per heavy atom. The van der Waals surface area contributed by atoms with Gasteiger partial charge in [-0.25, -0.2) is 0 Å². The summed E-state index contributed by atoms with van der Waals surface area (Å²) >= 11 is 0. The highest BCUT2D eigenvalue weighted by molar-refractivity contribution is 6.04. The Morgan fingerprint density at radius 3 is 2.52 bits per heavy atom. The molecule has 0 aliphatic heterocycles. The first kappa shape index (κ1) is 19.5. The van der Waals surface area contributed by atoms with Crippen molar-refractivity contribution in [1.29, 1.82) is 5.26 Å². The predicted octanol–water partition coefficient (Wildman–Crippen LogP) is 3.83. The number of benzene rings is 2. The molecule has 1 amide bonds. The van der Waals surface area contributed by atoms with E-state index in [9.17, 15) is 10.1 Å². The number of carbonyl (C=O) groups excluding carboxylic acids is 1. The maximum atomic E-state index is 11.7. The van der Waals surface area contributed by atoms with Gasteiger partial charge in [0.2, 0.25) is 0 Å². The van der Waals surface area contributed by atoms with E-state index in [1.54, 1.807) is 51.5 Å². The second-order valence-electron chi connectivity index (χ2n) is 5.92.